The molecule has 3 heteroatoms. The zero-order valence-corrected chi connectivity index (χ0v) is 10.0. The molecule has 0 bridgehead atoms. The topological polar surface area (TPSA) is 30.5 Å². The smallest absolute Gasteiger partial charge is 0.147 e. The summed E-state index contributed by atoms with van der Waals surface area (Å²) in [7, 11) is 0. The number of hydrogen-bond acceptors (Lipinski definition) is 3. The summed E-state index contributed by atoms with van der Waals surface area (Å²) in [6, 6.07) is 9.33. The van der Waals surface area contributed by atoms with Gasteiger partial charge < -0.3 is 14.8 Å². The van der Waals surface area contributed by atoms with E-state index < -0.39 is 0 Å². The van der Waals surface area contributed by atoms with Crippen LogP contribution >= 0.6 is 0 Å². The Morgan fingerprint density at radius 1 is 1.06 bits per heavy atom. The summed E-state index contributed by atoms with van der Waals surface area (Å²) in [5.74, 6) is 0. The van der Waals surface area contributed by atoms with E-state index in [0.29, 0.717) is 19.4 Å². The van der Waals surface area contributed by atoms with Crippen molar-refractivity contribution >= 4 is 0 Å². The van der Waals surface area contributed by atoms with Crippen LogP contribution in [0.2, 0.25) is 0 Å². The zero-order chi connectivity index (χ0) is 11.5. The monoisotopic (exact) mass is 233 g/mol. The molecule has 0 saturated carbocycles. The van der Waals surface area contributed by atoms with E-state index in [9.17, 15) is 0 Å². The summed E-state index contributed by atoms with van der Waals surface area (Å²) >= 11 is 0. The molecule has 0 aliphatic carbocycles. The number of benzene rings is 1. The first-order valence-corrected chi connectivity index (χ1v) is 6.46. The maximum atomic E-state index is 5.49. The van der Waals surface area contributed by atoms with Crippen LogP contribution in [0.25, 0.3) is 0 Å². The van der Waals surface area contributed by atoms with E-state index in [2.05, 4.69) is 29.6 Å². The maximum absolute atomic E-state index is 5.49. The average Bonchev–Trinajstić information content (AvgIpc) is 2.94. The van der Waals surface area contributed by atoms with E-state index in [1.165, 1.54) is 30.4 Å². The molecule has 17 heavy (non-hydrogen) atoms. The predicted octanol–water partition coefficient (Wildman–Crippen LogP) is 2.55. The molecule has 1 aromatic carbocycles. The minimum atomic E-state index is 0.128. The van der Waals surface area contributed by atoms with Gasteiger partial charge in [0, 0.05) is 6.04 Å². The second kappa shape index (κ2) is 5.17. The first-order valence-electron chi connectivity index (χ1n) is 6.46. The standard InChI is InChI=1S/C14H19NO2/c1-2-8-15-13(3-1)11-4-6-12(7-5-11)14-9-16-10-17-14/h4-7,13-15H,1-3,8-10H2. The van der Waals surface area contributed by atoms with Crippen LogP contribution in [0.5, 0.6) is 0 Å². The molecule has 2 saturated heterocycles. The van der Waals surface area contributed by atoms with Crippen molar-refractivity contribution < 1.29 is 9.47 Å². The Morgan fingerprint density at radius 2 is 1.88 bits per heavy atom. The summed E-state index contributed by atoms with van der Waals surface area (Å²) in [5.41, 5.74) is 2.62. The van der Waals surface area contributed by atoms with Crippen molar-refractivity contribution in [3.8, 4) is 0 Å². The molecule has 1 N–H and O–H groups in total. The van der Waals surface area contributed by atoms with Gasteiger partial charge in [0.2, 0.25) is 0 Å². The number of rotatable bonds is 2. The van der Waals surface area contributed by atoms with E-state index in [0.717, 1.165) is 6.54 Å². The summed E-state index contributed by atoms with van der Waals surface area (Å²) in [6.07, 6.45) is 4.02. The Labute approximate surface area is 102 Å². The summed E-state index contributed by atoms with van der Waals surface area (Å²) in [6.45, 7) is 2.25. The zero-order valence-electron chi connectivity index (χ0n) is 10.0. The highest BCUT2D eigenvalue weighted by Gasteiger charge is 2.19. The molecule has 2 aliphatic rings. The minimum Gasteiger partial charge on any atom is -0.352 e. The number of ether oxygens (including phenoxy) is 2. The van der Waals surface area contributed by atoms with E-state index >= 15 is 0 Å². The van der Waals surface area contributed by atoms with E-state index in [-0.39, 0.29) is 6.10 Å². The van der Waals surface area contributed by atoms with Gasteiger partial charge in [0.1, 0.15) is 12.9 Å². The van der Waals surface area contributed by atoms with Crippen molar-refractivity contribution in [3.05, 3.63) is 35.4 Å². The number of hydrogen-bond donors (Lipinski definition) is 1. The van der Waals surface area contributed by atoms with Gasteiger partial charge in [-0.2, -0.15) is 0 Å². The number of piperidine rings is 1. The highest BCUT2D eigenvalue weighted by molar-refractivity contribution is 5.27. The molecular weight excluding hydrogens is 214 g/mol. The lowest BCUT2D eigenvalue weighted by Gasteiger charge is -2.24. The van der Waals surface area contributed by atoms with E-state index in [4.69, 9.17) is 9.47 Å². The van der Waals surface area contributed by atoms with Crippen molar-refractivity contribution in [1.29, 1.82) is 0 Å². The predicted molar refractivity (Wildman–Crippen MR) is 65.7 cm³/mol. The average molecular weight is 233 g/mol. The Bertz CT molecular complexity index is 351. The molecule has 3 nitrogen and oxygen atoms in total. The van der Waals surface area contributed by atoms with Crippen LogP contribution in [-0.4, -0.2) is 19.9 Å². The third-order valence-corrected chi connectivity index (χ3v) is 3.64. The Balaban J connectivity index is 1.70. The third kappa shape index (κ3) is 2.51. The van der Waals surface area contributed by atoms with Crippen LogP contribution in [-0.2, 0) is 9.47 Å². The molecule has 2 heterocycles. The fraction of sp³-hybridized carbons (Fsp3) is 0.571. The SMILES string of the molecule is c1cc(C2COCO2)ccc1C1CCCCN1. The second-order valence-corrected chi connectivity index (χ2v) is 4.81. The van der Waals surface area contributed by atoms with Gasteiger partial charge >= 0.3 is 0 Å². The van der Waals surface area contributed by atoms with E-state index in [1.54, 1.807) is 0 Å². The maximum Gasteiger partial charge on any atom is 0.147 e. The van der Waals surface area contributed by atoms with Gasteiger partial charge in [-0.05, 0) is 30.5 Å². The summed E-state index contributed by atoms with van der Waals surface area (Å²) < 4.78 is 10.7. The summed E-state index contributed by atoms with van der Waals surface area (Å²) in [4.78, 5) is 0. The summed E-state index contributed by atoms with van der Waals surface area (Å²) in [5, 5.41) is 3.57. The van der Waals surface area contributed by atoms with Crippen LogP contribution in [0.4, 0.5) is 0 Å². The molecule has 92 valence electrons. The van der Waals surface area contributed by atoms with Crippen LogP contribution in [0.15, 0.2) is 24.3 Å². The lowest BCUT2D eigenvalue weighted by molar-refractivity contribution is 0.0466. The van der Waals surface area contributed by atoms with Gasteiger partial charge in [0.15, 0.2) is 0 Å². The highest BCUT2D eigenvalue weighted by Crippen LogP contribution is 2.26. The third-order valence-electron chi connectivity index (χ3n) is 3.64. The van der Waals surface area contributed by atoms with Gasteiger partial charge in [-0.3, -0.25) is 0 Å². The lowest BCUT2D eigenvalue weighted by atomic mass is 9.96. The van der Waals surface area contributed by atoms with Crippen molar-refractivity contribution in [2.24, 2.45) is 0 Å². The molecule has 1 aromatic rings. The van der Waals surface area contributed by atoms with E-state index in [1.807, 2.05) is 0 Å². The second-order valence-electron chi connectivity index (χ2n) is 4.81. The Morgan fingerprint density at radius 3 is 2.53 bits per heavy atom. The Hall–Kier alpha value is -0.900. The van der Waals surface area contributed by atoms with Gasteiger partial charge in [-0.15, -0.1) is 0 Å². The molecule has 0 aromatic heterocycles. The van der Waals surface area contributed by atoms with Crippen molar-refractivity contribution in [2.45, 2.75) is 31.4 Å². The molecular formula is C14H19NO2. The minimum absolute atomic E-state index is 0.128. The van der Waals surface area contributed by atoms with Crippen LogP contribution < -0.4 is 5.32 Å². The first kappa shape index (κ1) is 11.2. The fourth-order valence-electron chi connectivity index (χ4n) is 2.61. The molecule has 2 atom stereocenters. The van der Waals surface area contributed by atoms with Gasteiger partial charge in [0.05, 0.1) is 6.61 Å². The van der Waals surface area contributed by atoms with Crippen LogP contribution in [0.1, 0.15) is 42.5 Å². The van der Waals surface area contributed by atoms with Crippen molar-refractivity contribution in [3.63, 3.8) is 0 Å². The lowest BCUT2D eigenvalue weighted by Crippen LogP contribution is -2.26. The molecule has 2 fully saturated rings. The molecule has 0 radical (unpaired) electrons. The normalized spacial score (nSPS) is 29.4. The first-order chi connectivity index (χ1) is 8.43. The largest absolute Gasteiger partial charge is 0.352 e. The van der Waals surface area contributed by atoms with Gasteiger partial charge in [0.25, 0.3) is 0 Å². The van der Waals surface area contributed by atoms with Crippen molar-refractivity contribution in [1.82, 2.24) is 5.32 Å². The quantitative estimate of drug-likeness (QED) is 0.851. The highest BCUT2D eigenvalue weighted by atomic mass is 16.7. The molecule has 2 unspecified atom stereocenters. The van der Waals surface area contributed by atoms with Gasteiger partial charge in [-0.25, -0.2) is 0 Å². The number of nitrogens with one attached hydrogen (secondary N) is 1. The fourth-order valence-corrected chi connectivity index (χ4v) is 2.61. The van der Waals surface area contributed by atoms with Crippen LogP contribution in [0.3, 0.4) is 0 Å². The molecule has 2 aliphatic heterocycles. The Kier molecular flexibility index (Phi) is 3.41. The molecule has 3 rings (SSSR count). The van der Waals surface area contributed by atoms with Crippen molar-refractivity contribution in [2.75, 3.05) is 19.9 Å². The van der Waals surface area contributed by atoms with Crippen LogP contribution in [0, 0.1) is 0 Å². The molecule has 0 amide bonds. The van der Waals surface area contributed by atoms with Gasteiger partial charge in [-0.1, -0.05) is 30.7 Å². The molecule has 0 spiro atoms.